The minimum Gasteiger partial charge on any atom is -0.489 e. The Hall–Kier alpha value is -3.10. The predicted molar refractivity (Wildman–Crippen MR) is 124 cm³/mol. The standard InChI is InChI=1S/C25H26N2O5S/c28-25(24-20(12-16-31-24)18-32-21-7-3-1-4-8-21)27-15-11-19-17-22(9-10-23(19)27)33(29,30)26-13-5-2-6-14-26/h1,3-4,7-10,12,16-17H,2,5-6,11,13-15,18H2. The van der Waals surface area contributed by atoms with Crippen LogP contribution in [0.3, 0.4) is 0 Å². The highest BCUT2D eigenvalue weighted by atomic mass is 32.2. The lowest BCUT2D eigenvalue weighted by atomic mass is 10.2. The summed E-state index contributed by atoms with van der Waals surface area (Å²) in [5, 5.41) is 0. The van der Waals surface area contributed by atoms with Gasteiger partial charge in [-0.15, -0.1) is 0 Å². The molecule has 1 aromatic heterocycles. The first kappa shape index (κ1) is 21.7. The number of carbonyl (C=O) groups excluding carboxylic acids is 1. The Kier molecular flexibility index (Phi) is 5.95. The molecule has 0 aliphatic carbocycles. The van der Waals surface area contributed by atoms with Gasteiger partial charge < -0.3 is 14.1 Å². The summed E-state index contributed by atoms with van der Waals surface area (Å²) in [6.45, 7) is 1.82. The fourth-order valence-electron chi connectivity index (χ4n) is 4.44. The van der Waals surface area contributed by atoms with Gasteiger partial charge in [-0.1, -0.05) is 24.6 Å². The molecule has 0 radical (unpaired) electrons. The first-order valence-corrected chi connectivity index (χ1v) is 12.7. The summed E-state index contributed by atoms with van der Waals surface area (Å²) in [4.78, 5) is 15.2. The lowest BCUT2D eigenvalue weighted by Crippen LogP contribution is -2.35. The maximum absolute atomic E-state index is 13.3. The van der Waals surface area contributed by atoms with Crippen LogP contribution in [0.5, 0.6) is 5.75 Å². The average Bonchev–Trinajstić information content (AvgIpc) is 3.50. The third-order valence-electron chi connectivity index (χ3n) is 6.22. The van der Waals surface area contributed by atoms with Crippen LogP contribution in [0.1, 0.15) is 40.9 Å². The molecule has 5 rings (SSSR count). The second kappa shape index (κ2) is 9.03. The van der Waals surface area contributed by atoms with Crippen LogP contribution in [0.15, 0.2) is 70.2 Å². The Morgan fingerprint density at radius 2 is 1.76 bits per heavy atom. The molecule has 2 aliphatic rings. The number of hydrogen-bond donors (Lipinski definition) is 0. The summed E-state index contributed by atoms with van der Waals surface area (Å²) in [5.74, 6) is 0.701. The van der Waals surface area contributed by atoms with E-state index in [1.165, 1.54) is 6.26 Å². The molecule has 2 aliphatic heterocycles. The highest BCUT2D eigenvalue weighted by Gasteiger charge is 2.32. The first-order valence-electron chi connectivity index (χ1n) is 11.2. The number of ether oxygens (including phenoxy) is 1. The lowest BCUT2D eigenvalue weighted by molar-refractivity contribution is 0.0959. The Balaban J connectivity index is 1.34. The van der Waals surface area contributed by atoms with Gasteiger partial charge in [0.25, 0.3) is 5.91 Å². The van der Waals surface area contributed by atoms with Crippen LogP contribution in [-0.2, 0) is 23.1 Å². The van der Waals surface area contributed by atoms with Gasteiger partial charge in [0, 0.05) is 30.9 Å². The van der Waals surface area contributed by atoms with Crippen molar-refractivity contribution in [3.8, 4) is 5.75 Å². The van der Waals surface area contributed by atoms with E-state index >= 15 is 0 Å². The number of nitrogens with zero attached hydrogens (tertiary/aromatic N) is 2. The Bertz CT molecular complexity index is 1250. The largest absolute Gasteiger partial charge is 0.489 e. The quantitative estimate of drug-likeness (QED) is 0.543. The van der Waals surface area contributed by atoms with Gasteiger partial charge in [0.1, 0.15) is 12.4 Å². The zero-order chi connectivity index (χ0) is 22.8. The number of para-hydroxylation sites is 1. The van der Waals surface area contributed by atoms with E-state index in [0.29, 0.717) is 42.3 Å². The van der Waals surface area contributed by atoms with Crippen LogP contribution < -0.4 is 9.64 Å². The van der Waals surface area contributed by atoms with Crippen LogP contribution in [0.2, 0.25) is 0 Å². The zero-order valence-corrected chi connectivity index (χ0v) is 19.1. The molecule has 7 nitrogen and oxygen atoms in total. The number of fused-ring (bicyclic) bond motifs is 1. The topological polar surface area (TPSA) is 80.1 Å². The minimum absolute atomic E-state index is 0.218. The van der Waals surface area contributed by atoms with E-state index in [2.05, 4.69) is 0 Å². The smallest absolute Gasteiger partial charge is 0.294 e. The van der Waals surface area contributed by atoms with Crippen molar-refractivity contribution < 1.29 is 22.4 Å². The van der Waals surface area contributed by atoms with Crippen molar-refractivity contribution in [1.82, 2.24) is 4.31 Å². The minimum atomic E-state index is -3.51. The normalized spacial score (nSPS) is 16.5. The molecule has 1 saturated heterocycles. The number of hydrogen-bond acceptors (Lipinski definition) is 5. The van der Waals surface area contributed by atoms with E-state index in [0.717, 1.165) is 30.5 Å². The van der Waals surface area contributed by atoms with Gasteiger partial charge in [0.05, 0.1) is 11.2 Å². The maximum atomic E-state index is 13.3. The molecule has 2 aromatic carbocycles. The third kappa shape index (κ3) is 4.28. The fraction of sp³-hybridized carbons (Fsp3) is 0.320. The van der Waals surface area contributed by atoms with E-state index in [1.807, 2.05) is 30.3 Å². The highest BCUT2D eigenvalue weighted by Crippen LogP contribution is 2.33. The monoisotopic (exact) mass is 466 g/mol. The summed E-state index contributed by atoms with van der Waals surface area (Å²) < 4.78 is 39.0. The number of carbonyl (C=O) groups is 1. The van der Waals surface area contributed by atoms with Crippen molar-refractivity contribution >= 4 is 21.6 Å². The molecule has 3 heterocycles. The molecule has 0 spiro atoms. The van der Waals surface area contributed by atoms with Gasteiger partial charge in [-0.2, -0.15) is 4.31 Å². The predicted octanol–water partition coefficient (Wildman–Crippen LogP) is 4.24. The van der Waals surface area contributed by atoms with E-state index in [9.17, 15) is 13.2 Å². The number of anilines is 1. The number of sulfonamides is 1. The van der Waals surface area contributed by atoms with Gasteiger partial charge in [0.2, 0.25) is 10.0 Å². The van der Waals surface area contributed by atoms with E-state index in [1.54, 1.807) is 33.5 Å². The molecule has 33 heavy (non-hydrogen) atoms. The van der Waals surface area contributed by atoms with Gasteiger partial charge in [-0.05, 0) is 61.2 Å². The molecular formula is C25H26N2O5S. The lowest BCUT2D eigenvalue weighted by Gasteiger charge is -2.26. The third-order valence-corrected chi connectivity index (χ3v) is 8.12. The number of furan rings is 1. The molecule has 1 fully saturated rings. The molecule has 0 bridgehead atoms. The molecule has 8 heteroatoms. The van der Waals surface area contributed by atoms with Crippen LogP contribution in [0.25, 0.3) is 0 Å². The molecule has 0 unspecified atom stereocenters. The van der Waals surface area contributed by atoms with Crippen molar-refractivity contribution in [2.45, 2.75) is 37.2 Å². The summed E-state index contributed by atoms with van der Waals surface area (Å²) >= 11 is 0. The number of rotatable bonds is 6. The van der Waals surface area contributed by atoms with Crippen LogP contribution in [0, 0.1) is 0 Å². The van der Waals surface area contributed by atoms with Gasteiger partial charge in [-0.25, -0.2) is 8.42 Å². The van der Waals surface area contributed by atoms with Crippen LogP contribution in [-0.4, -0.2) is 38.3 Å². The molecule has 0 saturated carbocycles. The van der Waals surface area contributed by atoms with E-state index in [4.69, 9.17) is 9.15 Å². The number of benzene rings is 2. The van der Waals surface area contributed by atoms with E-state index < -0.39 is 10.0 Å². The molecule has 1 amide bonds. The van der Waals surface area contributed by atoms with E-state index in [-0.39, 0.29) is 18.3 Å². The Labute approximate surface area is 193 Å². The van der Waals surface area contributed by atoms with Crippen LogP contribution in [0.4, 0.5) is 5.69 Å². The van der Waals surface area contributed by atoms with Gasteiger partial charge in [-0.3, -0.25) is 4.79 Å². The maximum Gasteiger partial charge on any atom is 0.294 e. The molecule has 0 atom stereocenters. The highest BCUT2D eigenvalue weighted by molar-refractivity contribution is 7.89. The van der Waals surface area contributed by atoms with Crippen molar-refractivity contribution in [2.24, 2.45) is 0 Å². The van der Waals surface area contributed by atoms with Crippen molar-refractivity contribution in [1.29, 1.82) is 0 Å². The number of amides is 1. The molecule has 172 valence electrons. The fourth-order valence-corrected chi connectivity index (χ4v) is 6.01. The average molecular weight is 467 g/mol. The summed E-state index contributed by atoms with van der Waals surface area (Å²) in [6.07, 6.45) is 4.94. The molecule has 0 N–H and O–H groups in total. The zero-order valence-electron chi connectivity index (χ0n) is 18.3. The second-order valence-electron chi connectivity index (χ2n) is 8.34. The summed E-state index contributed by atoms with van der Waals surface area (Å²) in [5.41, 5.74) is 2.25. The van der Waals surface area contributed by atoms with Gasteiger partial charge in [0.15, 0.2) is 5.76 Å². The molecule has 3 aromatic rings. The van der Waals surface area contributed by atoms with Crippen molar-refractivity contribution in [2.75, 3.05) is 24.5 Å². The van der Waals surface area contributed by atoms with Crippen molar-refractivity contribution in [3.63, 3.8) is 0 Å². The first-order chi connectivity index (χ1) is 16.0. The Morgan fingerprint density at radius 3 is 2.55 bits per heavy atom. The SMILES string of the molecule is O=C(c1occc1COc1ccccc1)N1CCc2cc(S(=O)(=O)N3CCCCC3)ccc21. The Morgan fingerprint density at radius 1 is 0.970 bits per heavy atom. The summed E-state index contributed by atoms with van der Waals surface area (Å²) in [7, 11) is -3.51. The van der Waals surface area contributed by atoms with Crippen molar-refractivity contribution in [3.05, 3.63) is 77.7 Å². The molecular weight excluding hydrogens is 440 g/mol. The number of piperidine rings is 1. The van der Waals surface area contributed by atoms with Gasteiger partial charge >= 0.3 is 0 Å². The summed E-state index contributed by atoms with van der Waals surface area (Å²) in [6, 6.07) is 16.2. The van der Waals surface area contributed by atoms with Crippen LogP contribution >= 0.6 is 0 Å². The second-order valence-corrected chi connectivity index (χ2v) is 10.3.